The van der Waals surface area contributed by atoms with Crippen molar-refractivity contribution in [1.29, 1.82) is 0 Å². The van der Waals surface area contributed by atoms with E-state index in [1.165, 1.54) is 11.1 Å². The number of piperidine rings is 1. The maximum atomic E-state index is 12.6. The molecule has 2 bridgehead atoms. The maximum absolute atomic E-state index is 12.6. The molecule has 4 heteroatoms. The van der Waals surface area contributed by atoms with Crippen molar-refractivity contribution >= 4 is 5.78 Å². The topological polar surface area (TPSA) is 38.8 Å². The van der Waals surface area contributed by atoms with Crippen molar-refractivity contribution in [3.05, 3.63) is 53.6 Å². The summed E-state index contributed by atoms with van der Waals surface area (Å²) >= 11 is 0. The van der Waals surface area contributed by atoms with Gasteiger partial charge >= 0.3 is 0 Å². The number of carbonyl (C=O) groups is 1. The largest absolute Gasteiger partial charge is 0.493 e. The Labute approximate surface area is 166 Å². The Hall–Kier alpha value is -2.33. The highest BCUT2D eigenvalue weighted by Gasteiger charge is 2.56. The number of likely N-dealkylation sites (tertiary alicyclic amines) is 1. The molecule has 0 aromatic heterocycles. The Bertz CT molecular complexity index is 910. The first-order valence-corrected chi connectivity index (χ1v) is 10.3. The molecule has 1 aliphatic heterocycles. The number of hydrogen-bond donors (Lipinski definition) is 0. The summed E-state index contributed by atoms with van der Waals surface area (Å²) in [5, 5.41) is 0. The van der Waals surface area contributed by atoms with Crippen molar-refractivity contribution < 1.29 is 14.3 Å². The van der Waals surface area contributed by atoms with E-state index in [0.29, 0.717) is 30.6 Å². The number of ketones is 1. The van der Waals surface area contributed by atoms with Crippen LogP contribution in [0.4, 0.5) is 0 Å². The van der Waals surface area contributed by atoms with Crippen LogP contribution in [0.1, 0.15) is 36.8 Å². The van der Waals surface area contributed by atoms with Gasteiger partial charge in [-0.1, -0.05) is 24.3 Å². The molecule has 4 nitrogen and oxygen atoms in total. The molecule has 2 aliphatic carbocycles. The van der Waals surface area contributed by atoms with E-state index in [4.69, 9.17) is 9.47 Å². The van der Waals surface area contributed by atoms with E-state index in [1.54, 1.807) is 7.11 Å². The van der Waals surface area contributed by atoms with E-state index < -0.39 is 0 Å². The van der Waals surface area contributed by atoms with Gasteiger partial charge in [0.05, 0.1) is 7.11 Å². The Morgan fingerprint density at radius 1 is 1.14 bits per heavy atom. The van der Waals surface area contributed by atoms with Crippen LogP contribution in [0.15, 0.2) is 42.5 Å². The molecule has 1 saturated carbocycles. The summed E-state index contributed by atoms with van der Waals surface area (Å²) in [6.07, 6.45) is 4.34. The van der Waals surface area contributed by atoms with Gasteiger partial charge in [0.25, 0.3) is 0 Å². The van der Waals surface area contributed by atoms with Crippen LogP contribution in [-0.2, 0) is 16.6 Å². The molecule has 0 spiro atoms. The first-order valence-electron chi connectivity index (χ1n) is 10.3. The van der Waals surface area contributed by atoms with Gasteiger partial charge in [-0.3, -0.25) is 4.79 Å². The lowest BCUT2D eigenvalue weighted by Crippen LogP contribution is -2.61. The molecule has 28 heavy (non-hydrogen) atoms. The number of Topliss-reactive ketones (excluding diaryl/α,β-unsaturated/α-hetero) is 1. The highest BCUT2D eigenvalue weighted by Crippen LogP contribution is 2.59. The van der Waals surface area contributed by atoms with Gasteiger partial charge < -0.3 is 14.4 Å². The molecule has 2 fully saturated rings. The lowest BCUT2D eigenvalue weighted by molar-refractivity contribution is -0.126. The quantitative estimate of drug-likeness (QED) is 0.797. The van der Waals surface area contributed by atoms with Gasteiger partial charge in [-0.15, -0.1) is 0 Å². The molecule has 1 heterocycles. The highest BCUT2D eigenvalue weighted by molar-refractivity contribution is 5.82. The first kappa shape index (κ1) is 17.7. The number of hydrogen-bond acceptors (Lipinski definition) is 4. The molecule has 0 N–H and O–H groups in total. The normalized spacial score (nSPS) is 29.0. The van der Waals surface area contributed by atoms with E-state index in [1.807, 2.05) is 36.4 Å². The molecule has 0 unspecified atom stereocenters. The number of likely N-dealkylation sites (N-methyl/N-ethyl adjacent to an activating group) is 1. The molecule has 2 aromatic carbocycles. The summed E-state index contributed by atoms with van der Waals surface area (Å²) in [7, 11) is 3.93. The smallest absolute Gasteiger partial charge is 0.173 e. The number of carbonyl (C=O) groups excluding carboxylic acids is 1. The van der Waals surface area contributed by atoms with Gasteiger partial charge in [0.2, 0.25) is 0 Å². The number of rotatable bonds is 3. The molecule has 0 radical (unpaired) electrons. The van der Waals surface area contributed by atoms with Gasteiger partial charge in [0.1, 0.15) is 11.5 Å². The summed E-state index contributed by atoms with van der Waals surface area (Å²) in [5.41, 5.74) is 2.42. The minimum atomic E-state index is -0.126. The van der Waals surface area contributed by atoms with Crippen LogP contribution in [0.2, 0.25) is 0 Å². The number of ether oxygens (including phenoxy) is 2. The first-order chi connectivity index (χ1) is 13.6. The number of benzene rings is 2. The average Bonchev–Trinajstić information content (AvgIpc) is 2.71. The minimum absolute atomic E-state index is 0.126. The van der Waals surface area contributed by atoms with Crippen LogP contribution in [-0.4, -0.2) is 37.4 Å². The van der Waals surface area contributed by atoms with Crippen molar-refractivity contribution in [2.24, 2.45) is 5.92 Å². The molecular weight excluding hydrogens is 350 g/mol. The fraction of sp³-hybridized carbons (Fsp3) is 0.458. The van der Waals surface area contributed by atoms with E-state index >= 15 is 0 Å². The van der Waals surface area contributed by atoms with Crippen LogP contribution in [0.3, 0.4) is 0 Å². The fourth-order valence-electron chi connectivity index (χ4n) is 5.96. The van der Waals surface area contributed by atoms with Crippen molar-refractivity contribution in [1.82, 2.24) is 4.90 Å². The second kappa shape index (κ2) is 6.63. The zero-order valence-electron chi connectivity index (χ0n) is 16.6. The third kappa shape index (κ3) is 2.58. The lowest BCUT2D eigenvalue weighted by atomic mass is 9.52. The monoisotopic (exact) mass is 377 g/mol. The molecule has 0 amide bonds. The molecule has 146 valence electrons. The second-order valence-electron chi connectivity index (χ2n) is 8.57. The molecule has 3 atom stereocenters. The number of nitrogens with zero attached hydrogens (tertiary/aromatic N) is 1. The summed E-state index contributed by atoms with van der Waals surface area (Å²) in [4.78, 5) is 15.1. The maximum Gasteiger partial charge on any atom is 0.173 e. The third-order valence-corrected chi connectivity index (χ3v) is 7.22. The Morgan fingerprint density at radius 3 is 2.75 bits per heavy atom. The number of fused-ring (bicyclic) bond motifs is 1. The van der Waals surface area contributed by atoms with Crippen LogP contribution in [0.5, 0.6) is 17.2 Å². The fourth-order valence-corrected chi connectivity index (χ4v) is 5.96. The standard InChI is InChI=1S/C24H27NO3/c1-25-13-12-24-15-17(26)9-10-19(24)20(25)14-16-8-11-21(27-2)23(22(16)24)28-18-6-4-3-5-7-18/h3-8,11,19-20H,9-10,12-15H2,1-2H3/t19-,20+,24+/m1/s1. The average molecular weight is 377 g/mol. The summed E-state index contributed by atoms with van der Waals surface area (Å²) in [6, 6.07) is 14.6. The van der Waals surface area contributed by atoms with Crippen LogP contribution in [0, 0.1) is 5.92 Å². The Balaban J connectivity index is 1.72. The van der Waals surface area contributed by atoms with E-state index in [2.05, 4.69) is 18.0 Å². The van der Waals surface area contributed by atoms with Crippen molar-refractivity contribution in [2.45, 2.75) is 43.6 Å². The van der Waals surface area contributed by atoms with Crippen LogP contribution in [0.25, 0.3) is 0 Å². The lowest BCUT2D eigenvalue weighted by Gasteiger charge is -2.58. The van der Waals surface area contributed by atoms with Gasteiger partial charge in [-0.05, 0) is 62.5 Å². The summed E-state index contributed by atoms with van der Waals surface area (Å²) < 4.78 is 12.2. The van der Waals surface area contributed by atoms with E-state index in [-0.39, 0.29) is 5.41 Å². The molecular formula is C24H27NO3. The third-order valence-electron chi connectivity index (χ3n) is 7.22. The van der Waals surface area contributed by atoms with Gasteiger partial charge in [0, 0.05) is 29.9 Å². The predicted octanol–water partition coefficient (Wildman–Crippen LogP) is 4.35. The zero-order chi connectivity index (χ0) is 19.3. The Morgan fingerprint density at radius 2 is 1.96 bits per heavy atom. The van der Waals surface area contributed by atoms with Gasteiger partial charge in [0.15, 0.2) is 11.5 Å². The van der Waals surface area contributed by atoms with Gasteiger partial charge in [-0.25, -0.2) is 0 Å². The molecule has 5 rings (SSSR count). The summed E-state index contributed by atoms with van der Waals surface area (Å²) in [5.74, 6) is 3.27. The molecule has 1 saturated heterocycles. The number of methoxy groups -OCH3 is 1. The van der Waals surface area contributed by atoms with Crippen LogP contribution < -0.4 is 9.47 Å². The number of para-hydroxylation sites is 1. The van der Waals surface area contributed by atoms with Crippen molar-refractivity contribution in [3.63, 3.8) is 0 Å². The van der Waals surface area contributed by atoms with E-state index in [0.717, 1.165) is 43.1 Å². The highest BCUT2D eigenvalue weighted by atomic mass is 16.5. The molecule has 3 aliphatic rings. The van der Waals surface area contributed by atoms with Crippen molar-refractivity contribution in [3.8, 4) is 17.2 Å². The van der Waals surface area contributed by atoms with Crippen molar-refractivity contribution in [2.75, 3.05) is 20.7 Å². The van der Waals surface area contributed by atoms with Crippen LogP contribution >= 0.6 is 0 Å². The Kier molecular flexibility index (Phi) is 4.20. The zero-order valence-corrected chi connectivity index (χ0v) is 16.6. The molecule has 2 aromatic rings. The van der Waals surface area contributed by atoms with Gasteiger partial charge in [-0.2, -0.15) is 0 Å². The SMILES string of the molecule is COc1ccc2c(c1Oc1ccccc1)[C@]13CCN(C)[C@@H](C2)[C@H]1CCC(=O)C3. The van der Waals surface area contributed by atoms with E-state index in [9.17, 15) is 4.79 Å². The summed E-state index contributed by atoms with van der Waals surface area (Å²) in [6.45, 7) is 1.02. The second-order valence-corrected chi connectivity index (χ2v) is 8.57. The predicted molar refractivity (Wildman–Crippen MR) is 108 cm³/mol. The minimum Gasteiger partial charge on any atom is -0.493 e.